The fourth-order valence-electron chi connectivity index (χ4n) is 2.46. The van der Waals surface area contributed by atoms with Crippen molar-refractivity contribution in [3.05, 3.63) is 0 Å². The molecule has 0 saturated carbocycles. The molecule has 1 rings (SSSR count). The molecule has 0 aromatic rings. The van der Waals surface area contributed by atoms with E-state index < -0.39 is 0 Å². The summed E-state index contributed by atoms with van der Waals surface area (Å²) in [6, 6.07) is 0.432. The van der Waals surface area contributed by atoms with Crippen molar-refractivity contribution < 1.29 is 5.21 Å². The molecular weight excluding hydrogens is 202 g/mol. The zero-order chi connectivity index (χ0) is 12.0. The Labute approximate surface area is 98.5 Å². The predicted molar refractivity (Wildman–Crippen MR) is 66.7 cm³/mol. The van der Waals surface area contributed by atoms with Crippen molar-refractivity contribution >= 4 is 5.84 Å². The Bertz CT molecular complexity index is 230. The van der Waals surface area contributed by atoms with Crippen LogP contribution in [0.25, 0.3) is 0 Å². The third kappa shape index (κ3) is 4.00. The van der Waals surface area contributed by atoms with Gasteiger partial charge in [0.15, 0.2) is 0 Å². The van der Waals surface area contributed by atoms with Gasteiger partial charge in [0, 0.05) is 12.5 Å². The Balaban J connectivity index is 2.51. The zero-order valence-electron chi connectivity index (χ0n) is 10.5. The third-order valence-electron chi connectivity index (χ3n) is 3.61. The Morgan fingerprint density at radius 3 is 2.88 bits per heavy atom. The van der Waals surface area contributed by atoms with Gasteiger partial charge in [-0.3, -0.25) is 4.90 Å². The van der Waals surface area contributed by atoms with E-state index in [-0.39, 0.29) is 0 Å². The summed E-state index contributed by atoms with van der Waals surface area (Å²) in [6.07, 6.45) is 5.61. The first-order chi connectivity index (χ1) is 7.67. The first kappa shape index (κ1) is 13.3. The molecule has 1 heterocycles. The van der Waals surface area contributed by atoms with Crippen LogP contribution in [0.15, 0.2) is 5.16 Å². The van der Waals surface area contributed by atoms with Gasteiger partial charge in [-0.05, 0) is 44.7 Å². The van der Waals surface area contributed by atoms with Crippen molar-refractivity contribution in [2.75, 3.05) is 13.1 Å². The summed E-state index contributed by atoms with van der Waals surface area (Å²) in [4.78, 5) is 2.50. The molecule has 2 unspecified atom stereocenters. The highest BCUT2D eigenvalue weighted by atomic mass is 16.4. The first-order valence-corrected chi connectivity index (χ1v) is 6.37. The van der Waals surface area contributed by atoms with Gasteiger partial charge in [-0.25, -0.2) is 0 Å². The van der Waals surface area contributed by atoms with E-state index >= 15 is 0 Å². The molecule has 94 valence electrons. The highest BCUT2D eigenvalue weighted by Crippen LogP contribution is 2.20. The van der Waals surface area contributed by atoms with E-state index in [9.17, 15) is 0 Å². The van der Waals surface area contributed by atoms with E-state index in [2.05, 4.69) is 23.9 Å². The molecule has 4 heteroatoms. The van der Waals surface area contributed by atoms with Crippen LogP contribution in [-0.4, -0.2) is 35.1 Å². The van der Waals surface area contributed by atoms with Crippen LogP contribution >= 0.6 is 0 Å². The summed E-state index contributed by atoms with van der Waals surface area (Å²) in [5.41, 5.74) is 5.60. The van der Waals surface area contributed by atoms with E-state index in [1.807, 2.05) is 0 Å². The third-order valence-corrected chi connectivity index (χ3v) is 3.61. The highest BCUT2D eigenvalue weighted by Gasteiger charge is 2.21. The molecule has 0 aliphatic carbocycles. The highest BCUT2D eigenvalue weighted by molar-refractivity contribution is 5.80. The van der Waals surface area contributed by atoms with Crippen molar-refractivity contribution in [1.29, 1.82) is 0 Å². The summed E-state index contributed by atoms with van der Waals surface area (Å²) < 4.78 is 0. The van der Waals surface area contributed by atoms with Crippen LogP contribution in [-0.2, 0) is 0 Å². The molecule has 16 heavy (non-hydrogen) atoms. The van der Waals surface area contributed by atoms with Gasteiger partial charge in [-0.2, -0.15) is 0 Å². The normalized spacial score (nSPS) is 26.4. The van der Waals surface area contributed by atoms with Gasteiger partial charge in [-0.1, -0.05) is 19.0 Å². The maximum Gasteiger partial charge on any atom is 0.140 e. The first-order valence-electron chi connectivity index (χ1n) is 6.37. The van der Waals surface area contributed by atoms with Crippen molar-refractivity contribution in [3.63, 3.8) is 0 Å². The predicted octanol–water partition coefficient (Wildman–Crippen LogP) is 2.02. The standard InChI is InChI=1S/C12H25N3O/c1-3-11(9-12(13)14-16)15-7-4-5-10(2)6-8-15/h10-11,16H,3-9H2,1-2H3,(H2,13,14). The van der Waals surface area contributed by atoms with Crippen LogP contribution in [0, 0.1) is 5.92 Å². The van der Waals surface area contributed by atoms with Crippen LogP contribution < -0.4 is 5.73 Å². The number of nitrogens with zero attached hydrogens (tertiary/aromatic N) is 2. The maximum absolute atomic E-state index is 8.62. The van der Waals surface area contributed by atoms with Gasteiger partial charge in [0.1, 0.15) is 5.84 Å². The second-order valence-electron chi connectivity index (χ2n) is 4.93. The number of nitrogens with two attached hydrogens (primary N) is 1. The molecular formula is C12H25N3O. The van der Waals surface area contributed by atoms with Crippen molar-refractivity contribution in [2.45, 2.75) is 52.0 Å². The molecule has 0 aromatic heterocycles. The van der Waals surface area contributed by atoms with Gasteiger partial charge in [-0.15, -0.1) is 0 Å². The summed E-state index contributed by atoms with van der Waals surface area (Å²) >= 11 is 0. The molecule has 0 radical (unpaired) electrons. The van der Waals surface area contributed by atoms with Crippen molar-refractivity contribution in [2.24, 2.45) is 16.8 Å². The van der Waals surface area contributed by atoms with Crippen LogP contribution in [0.5, 0.6) is 0 Å². The molecule has 0 spiro atoms. The average Bonchev–Trinajstić information content (AvgIpc) is 2.50. The van der Waals surface area contributed by atoms with Gasteiger partial charge in [0.25, 0.3) is 0 Å². The monoisotopic (exact) mass is 227 g/mol. The van der Waals surface area contributed by atoms with Crippen LogP contribution in [0.3, 0.4) is 0 Å². The Hall–Kier alpha value is -0.770. The van der Waals surface area contributed by atoms with Crippen LogP contribution in [0.2, 0.25) is 0 Å². The summed E-state index contributed by atoms with van der Waals surface area (Å²) in [6.45, 7) is 6.80. The topological polar surface area (TPSA) is 61.9 Å². The summed E-state index contributed by atoms with van der Waals surface area (Å²) in [5, 5.41) is 11.7. The second kappa shape index (κ2) is 6.74. The lowest BCUT2D eigenvalue weighted by atomic mass is 10.0. The molecule has 0 bridgehead atoms. The number of amidine groups is 1. The minimum absolute atomic E-state index is 0.351. The van der Waals surface area contributed by atoms with Gasteiger partial charge >= 0.3 is 0 Å². The van der Waals surface area contributed by atoms with E-state index in [0.717, 1.165) is 25.4 Å². The number of hydrogen-bond donors (Lipinski definition) is 2. The SMILES string of the molecule is CCC(CC(N)=NO)N1CCCC(C)CC1. The van der Waals surface area contributed by atoms with Crippen molar-refractivity contribution in [1.82, 2.24) is 4.90 Å². The molecule has 3 N–H and O–H groups in total. The molecule has 1 aliphatic heterocycles. The maximum atomic E-state index is 8.62. The van der Waals surface area contributed by atoms with E-state index in [4.69, 9.17) is 10.9 Å². The Morgan fingerprint density at radius 1 is 1.50 bits per heavy atom. The average molecular weight is 227 g/mol. The second-order valence-corrected chi connectivity index (χ2v) is 4.93. The quantitative estimate of drug-likeness (QED) is 0.334. The smallest absolute Gasteiger partial charge is 0.140 e. The Kier molecular flexibility index (Phi) is 5.60. The lowest BCUT2D eigenvalue weighted by Crippen LogP contribution is -2.38. The molecule has 1 fully saturated rings. The lowest BCUT2D eigenvalue weighted by Gasteiger charge is -2.29. The Morgan fingerprint density at radius 2 is 2.25 bits per heavy atom. The van der Waals surface area contributed by atoms with Crippen LogP contribution in [0.4, 0.5) is 0 Å². The van der Waals surface area contributed by atoms with E-state index in [1.165, 1.54) is 19.3 Å². The molecule has 0 aromatic carbocycles. The van der Waals surface area contributed by atoms with Gasteiger partial charge in [0.2, 0.25) is 0 Å². The number of rotatable bonds is 4. The van der Waals surface area contributed by atoms with Gasteiger partial charge in [0.05, 0.1) is 0 Å². The van der Waals surface area contributed by atoms with Crippen molar-refractivity contribution in [3.8, 4) is 0 Å². The molecule has 0 amide bonds. The lowest BCUT2D eigenvalue weighted by molar-refractivity contribution is 0.198. The minimum Gasteiger partial charge on any atom is -0.409 e. The number of likely N-dealkylation sites (tertiary alicyclic amines) is 1. The fourth-order valence-corrected chi connectivity index (χ4v) is 2.46. The fraction of sp³-hybridized carbons (Fsp3) is 0.917. The zero-order valence-corrected chi connectivity index (χ0v) is 10.5. The number of oxime groups is 1. The van der Waals surface area contributed by atoms with E-state index in [0.29, 0.717) is 18.3 Å². The number of hydrogen-bond acceptors (Lipinski definition) is 3. The minimum atomic E-state index is 0.351. The summed E-state index contributed by atoms with van der Waals surface area (Å²) in [5.74, 6) is 1.19. The van der Waals surface area contributed by atoms with E-state index in [1.54, 1.807) is 0 Å². The molecule has 1 aliphatic rings. The molecule has 2 atom stereocenters. The summed E-state index contributed by atoms with van der Waals surface area (Å²) in [7, 11) is 0. The largest absolute Gasteiger partial charge is 0.409 e. The van der Waals surface area contributed by atoms with Gasteiger partial charge < -0.3 is 10.9 Å². The van der Waals surface area contributed by atoms with Crippen LogP contribution in [0.1, 0.15) is 46.0 Å². The molecule has 1 saturated heterocycles. The molecule has 4 nitrogen and oxygen atoms in total.